The quantitative estimate of drug-likeness (QED) is 0.251. The Bertz CT molecular complexity index is 1510. The minimum atomic E-state index is -4.28. The maximum atomic E-state index is 14.2. The van der Waals surface area contributed by atoms with Crippen LogP contribution in [0.15, 0.2) is 77.7 Å². The fourth-order valence-electron chi connectivity index (χ4n) is 5.50. The van der Waals surface area contributed by atoms with Gasteiger partial charge in [-0.3, -0.25) is 13.9 Å². The van der Waals surface area contributed by atoms with Crippen LogP contribution in [0.2, 0.25) is 5.02 Å². The lowest BCUT2D eigenvalue weighted by atomic mass is 10.1. The molecule has 3 aromatic rings. The first kappa shape index (κ1) is 33.1. The summed E-state index contributed by atoms with van der Waals surface area (Å²) in [6.07, 6.45) is 4.82. The highest BCUT2D eigenvalue weighted by Crippen LogP contribution is 2.33. The van der Waals surface area contributed by atoms with E-state index in [4.69, 9.17) is 21.1 Å². The second-order valence-corrected chi connectivity index (χ2v) is 13.0. The molecule has 0 bridgehead atoms. The molecule has 0 heterocycles. The molecule has 1 aliphatic rings. The molecular formula is C33H40ClN3O6S. The van der Waals surface area contributed by atoms with Gasteiger partial charge in [0, 0.05) is 23.7 Å². The molecule has 2 amide bonds. The van der Waals surface area contributed by atoms with Crippen molar-refractivity contribution in [3.05, 3.63) is 83.4 Å². The van der Waals surface area contributed by atoms with Crippen molar-refractivity contribution in [1.82, 2.24) is 10.2 Å². The molecule has 236 valence electrons. The van der Waals surface area contributed by atoms with Crippen LogP contribution in [0, 0.1) is 0 Å². The van der Waals surface area contributed by atoms with E-state index < -0.39 is 28.5 Å². The molecular weight excluding hydrogens is 602 g/mol. The van der Waals surface area contributed by atoms with Crippen molar-refractivity contribution in [2.75, 3.05) is 31.6 Å². The maximum Gasteiger partial charge on any atom is 0.264 e. The van der Waals surface area contributed by atoms with Crippen LogP contribution in [-0.2, 0) is 26.0 Å². The number of carbonyl (C=O) groups is 2. The Hall–Kier alpha value is -3.76. The zero-order valence-corrected chi connectivity index (χ0v) is 26.9. The first-order valence-corrected chi connectivity index (χ1v) is 16.6. The van der Waals surface area contributed by atoms with E-state index in [1.807, 2.05) is 37.3 Å². The minimum absolute atomic E-state index is 0.0821. The number of carbonyl (C=O) groups excluding carboxylic acids is 2. The third kappa shape index (κ3) is 8.04. The first-order chi connectivity index (χ1) is 21.2. The molecule has 1 saturated carbocycles. The van der Waals surface area contributed by atoms with Crippen molar-refractivity contribution in [2.24, 2.45) is 0 Å². The molecule has 9 nitrogen and oxygen atoms in total. The fraction of sp³-hybridized carbons (Fsp3) is 0.394. The van der Waals surface area contributed by atoms with Gasteiger partial charge in [-0.1, -0.05) is 61.7 Å². The number of sulfonamides is 1. The average Bonchev–Trinajstić information content (AvgIpc) is 3.55. The number of amides is 2. The number of nitrogens with zero attached hydrogens (tertiary/aromatic N) is 2. The van der Waals surface area contributed by atoms with Crippen LogP contribution in [-0.4, -0.2) is 64.5 Å². The lowest BCUT2D eigenvalue weighted by molar-refractivity contribution is -0.139. The van der Waals surface area contributed by atoms with Gasteiger partial charge in [0.15, 0.2) is 11.5 Å². The first-order valence-electron chi connectivity index (χ1n) is 14.8. The number of halogens is 1. The number of nitrogens with one attached hydrogen (secondary N) is 1. The van der Waals surface area contributed by atoms with Crippen LogP contribution in [0.3, 0.4) is 0 Å². The van der Waals surface area contributed by atoms with Crippen LogP contribution in [0.25, 0.3) is 0 Å². The van der Waals surface area contributed by atoms with Gasteiger partial charge in [0.2, 0.25) is 11.8 Å². The molecule has 11 heteroatoms. The van der Waals surface area contributed by atoms with Crippen molar-refractivity contribution in [3.63, 3.8) is 0 Å². The summed E-state index contributed by atoms with van der Waals surface area (Å²) in [5, 5.41) is 3.55. The molecule has 0 spiro atoms. The highest BCUT2D eigenvalue weighted by atomic mass is 35.5. The Kier molecular flexibility index (Phi) is 11.5. The van der Waals surface area contributed by atoms with Gasteiger partial charge in [-0.05, 0) is 67.6 Å². The highest BCUT2D eigenvalue weighted by Gasteiger charge is 2.34. The molecule has 1 atom stereocenters. The zero-order valence-electron chi connectivity index (χ0n) is 25.4. The number of hydrogen-bond acceptors (Lipinski definition) is 6. The summed E-state index contributed by atoms with van der Waals surface area (Å²) in [5.41, 5.74) is 1.26. The molecule has 0 aromatic heterocycles. The number of ether oxygens (including phenoxy) is 2. The second-order valence-electron chi connectivity index (χ2n) is 10.7. The topological polar surface area (TPSA) is 105 Å². The van der Waals surface area contributed by atoms with Crippen LogP contribution < -0.4 is 19.1 Å². The van der Waals surface area contributed by atoms with E-state index in [0.717, 1.165) is 35.6 Å². The summed E-state index contributed by atoms with van der Waals surface area (Å²) >= 11 is 6.12. The van der Waals surface area contributed by atoms with Gasteiger partial charge >= 0.3 is 0 Å². The van der Waals surface area contributed by atoms with Gasteiger partial charge in [-0.15, -0.1) is 0 Å². The summed E-state index contributed by atoms with van der Waals surface area (Å²) in [7, 11) is -1.41. The number of rotatable bonds is 14. The molecule has 1 N–H and O–H groups in total. The second kappa shape index (κ2) is 15.3. The summed E-state index contributed by atoms with van der Waals surface area (Å²) in [6, 6.07) is 19.5. The van der Waals surface area contributed by atoms with Crippen molar-refractivity contribution < 1.29 is 27.5 Å². The maximum absolute atomic E-state index is 14.2. The number of hydrogen-bond donors (Lipinski definition) is 1. The van der Waals surface area contributed by atoms with Gasteiger partial charge in [-0.25, -0.2) is 8.42 Å². The molecule has 44 heavy (non-hydrogen) atoms. The summed E-state index contributed by atoms with van der Waals surface area (Å²) in [4.78, 5) is 29.2. The summed E-state index contributed by atoms with van der Waals surface area (Å²) in [6.45, 7) is 1.57. The SMILES string of the molecule is CC[C@@H](C(=O)NC1CCCC1)N(CCc1ccccc1)C(=O)CN(c1ccc(Cl)cc1)S(=O)(=O)c1ccc(OC)c(OC)c1. The average molecular weight is 642 g/mol. The summed E-state index contributed by atoms with van der Waals surface area (Å²) in [5.74, 6) is -0.114. The van der Waals surface area contributed by atoms with Crippen molar-refractivity contribution in [1.29, 1.82) is 0 Å². The van der Waals surface area contributed by atoms with Crippen LogP contribution in [0.5, 0.6) is 11.5 Å². The minimum Gasteiger partial charge on any atom is -0.493 e. The third-order valence-corrected chi connectivity index (χ3v) is 9.93. The van der Waals surface area contributed by atoms with Gasteiger partial charge < -0.3 is 19.7 Å². The Morgan fingerprint density at radius 1 is 0.955 bits per heavy atom. The fourth-order valence-corrected chi connectivity index (χ4v) is 7.06. The monoisotopic (exact) mass is 641 g/mol. The summed E-state index contributed by atoms with van der Waals surface area (Å²) < 4.78 is 40.0. The van der Waals surface area contributed by atoms with Gasteiger partial charge in [0.25, 0.3) is 10.0 Å². The molecule has 3 aromatic carbocycles. The molecule has 0 saturated heterocycles. The third-order valence-electron chi connectivity index (χ3n) is 7.91. The van der Waals surface area contributed by atoms with Crippen molar-refractivity contribution >= 4 is 39.1 Å². The smallest absolute Gasteiger partial charge is 0.264 e. The number of anilines is 1. The van der Waals surface area contributed by atoms with E-state index in [-0.39, 0.29) is 34.8 Å². The van der Waals surface area contributed by atoms with Crippen LogP contribution in [0.4, 0.5) is 5.69 Å². The molecule has 1 fully saturated rings. The predicted molar refractivity (Wildman–Crippen MR) is 172 cm³/mol. The van der Waals surface area contributed by atoms with Crippen molar-refractivity contribution in [3.8, 4) is 11.5 Å². The van der Waals surface area contributed by atoms with E-state index in [0.29, 0.717) is 23.6 Å². The molecule has 0 radical (unpaired) electrons. The molecule has 4 rings (SSSR count). The van der Waals surface area contributed by atoms with E-state index >= 15 is 0 Å². The standard InChI is InChI=1S/C33H40ClN3O6S/c1-4-29(33(39)35-26-12-8-9-13-26)36(21-20-24-10-6-5-7-11-24)32(38)23-37(27-16-14-25(34)15-17-27)44(40,41)28-18-19-30(42-2)31(22-28)43-3/h5-7,10-11,14-19,22,26,29H,4,8-9,12-13,20-21,23H2,1-3H3,(H,35,39)/t29-/m0/s1. The Morgan fingerprint density at radius 3 is 2.23 bits per heavy atom. The predicted octanol–water partition coefficient (Wildman–Crippen LogP) is 5.46. The van der Waals surface area contributed by atoms with E-state index in [1.165, 1.54) is 37.3 Å². The lowest BCUT2D eigenvalue weighted by Crippen LogP contribution is -2.54. The van der Waals surface area contributed by atoms with Crippen LogP contribution >= 0.6 is 11.6 Å². The molecule has 1 aliphatic carbocycles. The number of benzene rings is 3. The van der Waals surface area contributed by atoms with E-state index in [1.54, 1.807) is 24.3 Å². The van der Waals surface area contributed by atoms with Crippen molar-refractivity contribution in [2.45, 2.75) is 62.4 Å². The largest absolute Gasteiger partial charge is 0.493 e. The van der Waals surface area contributed by atoms with E-state index in [2.05, 4.69) is 5.32 Å². The molecule has 0 aliphatic heterocycles. The van der Waals surface area contributed by atoms with Gasteiger partial charge in [0.1, 0.15) is 12.6 Å². The Morgan fingerprint density at radius 2 is 1.61 bits per heavy atom. The molecule has 0 unspecified atom stereocenters. The van der Waals surface area contributed by atoms with Crippen LogP contribution in [0.1, 0.15) is 44.6 Å². The van der Waals surface area contributed by atoms with E-state index in [9.17, 15) is 18.0 Å². The number of methoxy groups -OCH3 is 2. The highest BCUT2D eigenvalue weighted by molar-refractivity contribution is 7.92. The zero-order chi connectivity index (χ0) is 31.7. The van der Waals surface area contributed by atoms with Gasteiger partial charge in [-0.2, -0.15) is 0 Å². The Balaban J connectivity index is 1.70. The van der Waals surface area contributed by atoms with Gasteiger partial charge in [0.05, 0.1) is 24.8 Å². The Labute approximate surface area is 265 Å². The lowest BCUT2D eigenvalue weighted by Gasteiger charge is -2.33. The normalized spacial score (nSPS) is 14.1.